The van der Waals surface area contributed by atoms with Gasteiger partial charge in [0.1, 0.15) is 0 Å². The van der Waals surface area contributed by atoms with Crippen LogP contribution in [-0.4, -0.2) is 24.0 Å². The Balaban J connectivity index is 1.96. The van der Waals surface area contributed by atoms with Gasteiger partial charge in [-0.2, -0.15) is 0 Å². The molecule has 7 heteroatoms. The highest BCUT2D eigenvalue weighted by atomic mass is 79.9. The minimum atomic E-state index is -0.587. The van der Waals surface area contributed by atoms with E-state index in [0.29, 0.717) is 10.9 Å². The van der Waals surface area contributed by atoms with Crippen LogP contribution in [0, 0.1) is 0 Å². The Morgan fingerprint density at radius 2 is 1.85 bits per heavy atom. The van der Waals surface area contributed by atoms with Crippen LogP contribution in [-0.2, 0) is 9.53 Å². The lowest BCUT2D eigenvalue weighted by Crippen LogP contribution is -2.31. The maximum atomic E-state index is 12.9. The first kappa shape index (κ1) is 18.8. The fourth-order valence-corrected chi connectivity index (χ4v) is 3.09. The van der Waals surface area contributed by atoms with Crippen LogP contribution in [0.5, 0.6) is 0 Å². The summed E-state index contributed by atoms with van der Waals surface area (Å²) in [6.45, 7) is 0. The van der Waals surface area contributed by atoms with Gasteiger partial charge in [-0.05, 0) is 23.8 Å². The van der Waals surface area contributed by atoms with Crippen LogP contribution < -0.4 is 10.9 Å². The predicted octanol–water partition coefficient (Wildman–Crippen LogP) is 3.32. The largest absolute Gasteiger partial charge is 0.469 e. The molecule has 0 saturated carbocycles. The van der Waals surface area contributed by atoms with Crippen LogP contribution in [0.25, 0.3) is 10.9 Å². The number of halogens is 1. The molecule has 1 heterocycles. The van der Waals surface area contributed by atoms with Gasteiger partial charge in [-0.25, -0.2) is 0 Å². The van der Waals surface area contributed by atoms with Gasteiger partial charge in [0.15, 0.2) is 0 Å². The summed E-state index contributed by atoms with van der Waals surface area (Å²) in [5.74, 6) is -0.881. The van der Waals surface area contributed by atoms with Gasteiger partial charge in [0.05, 0.1) is 25.1 Å². The smallest absolute Gasteiger partial charge is 0.307 e. The van der Waals surface area contributed by atoms with E-state index in [1.165, 1.54) is 13.2 Å². The van der Waals surface area contributed by atoms with Gasteiger partial charge in [0, 0.05) is 21.4 Å². The first-order valence-electron chi connectivity index (χ1n) is 8.23. The van der Waals surface area contributed by atoms with Crippen molar-refractivity contribution >= 4 is 38.7 Å². The molecule has 1 aromatic heterocycles. The summed E-state index contributed by atoms with van der Waals surface area (Å²) in [6, 6.07) is 15.0. The topological polar surface area (TPSA) is 88.3 Å². The number of esters is 1. The van der Waals surface area contributed by atoms with Crippen molar-refractivity contribution < 1.29 is 14.3 Å². The van der Waals surface area contributed by atoms with E-state index in [9.17, 15) is 14.4 Å². The van der Waals surface area contributed by atoms with Crippen molar-refractivity contribution in [1.82, 2.24) is 10.3 Å². The van der Waals surface area contributed by atoms with Crippen LogP contribution in [0.4, 0.5) is 0 Å². The summed E-state index contributed by atoms with van der Waals surface area (Å²) in [5.41, 5.74) is 1.21. The molecule has 0 fully saturated rings. The maximum Gasteiger partial charge on any atom is 0.307 e. The van der Waals surface area contributed by atoms with Crippen molar-refractivity contribution in [1.29, 1.82) is 0 Å². The Kier molecular flexibility index (Phi) is 5.71. The van der Waals surface area contributed by atoms with Gasteiger partial charge < -0.3 is 15.0 Å². The van der Waals surface area contributed by atoms with Crippen LogP contribution in [0.3, 0.4) is 0 Å². The Morgan fingerprint density at radius 3 is 2.56 bits per heavy atom. The number of pyridine rings is 1. The molecule has 3 rings (SSSR count). The van der Waals surface area contributed by atoms with Crippen molar-refractivity contribution in [2.75, 3.05) is 7.11 Å². The number of hydrogen-bond donors (Lipinski definition) is 2. The fraction of sp³-hybridized carbons (Fsp3) is 0.150. The molecular formula is C20H17BrN2O4. The van der Waals surface area contributed by atoms with Gasteiger partial charge in [0.2, 0.25) is 5.56 Å². The third-order valence-electron chi connectivity index (χ3n) is 4.17. The van der Waals surface area contributed by atoms with Gasteiger partial charge in [-0.15, -0.1) is 0 Å². The number of ether oxygens (including phenoxy) is 1. The monoisotopic (exact) mass is 428 g/mol. The average Bonchev–Trinajstić information content (AvgIpc) is 2.67. The normalized spacial score (nSPS) is 11.8. The highest BCUT2D eigenvalue weighted by molar-refractivity contribution is 9.10. The number of aromatic amines is 1. The molecule has 0 aliphatic heterocycles. The second-order valence-electron chi connectivity index (χ2n) is 5.95. The van der Waals surface area contributed by atoms with E-state index in [2.05, 4.69) is 26.2 Å². The number of para-hydroxylation sites is 1. The summed E-state index contributed by atoms with van der Waals surface area (Å²) in [4.78, 5) is 39.3. The van der Waals surface area contributed by atoms with Crippen LogP contribution >= 0.6 is 15.9 Å². The van der Waals surface area contributed by atoms with Crippen molar-refractivity contribution in [3.05, 3.63) is 80.6 Å². The van der Waals surface area contributed by atoms with E-state index in [0.717, 1.165) is 10.0 Å². The Bertz CT molecular complexity index is 1040. The molecule has 138 valence electrons. The number of carbonyl (C=O) groups excluding carboxylic acids is 2. The molecule has 0 aliphatic rings. The molecule has 2 N–H and O–H groups in total. The van der Waals surface area contributed by atoms with Crippen molar-refractivity contribution in [3.8, 4) is 0 Å². The Morgan fingerprint density at radius 1 is 1.15 bits per heavy atom. The summed E-state index contributed by atoms with van der Waals surface area (Å²) in [6.07, 6.45) is -0.0228. The number of aromatic nitrogens is 1. The van der Waals surface area contributed by atoms with Gasteiger partial charge in [-0.3, -0.25) is 14.4 Å². The third-order valence-corrected chi connectivity index (χ3v) is 4.70. The maximum absolute atomic E-state index is 12.9. The molecule has 3 aromatic rings. The minimum absolute atomic E-state index is 0.0228. The number of carbonyl (C=O) groups is 2. The molecule has 27 heavy (non-hydrogen) atoms. The summed E-state index contributed by atoms with van der Waals surface area (Å²) in [5, 5.41) is 3.47. The second kappa shape index (κ2) is 8.18. The lowest BCUT2D eigenvalue weighted by atomic mass is 10.0. The number of hydrogen-bond acceptors (Lipinski definition) is 4. The Hall–Kier alpha value is -2.93. The van der Waals surface area contributed by atoms with Gasteiger partial charge in [-0.1, -0.05) is 46.3 Å². The van der Waals surface area contributed by atoms with E-state index < -0.39 is 17.9 Å². The van der Waals surface area contributed by atoms with Crippen molar-refractivity contribution in [3.63, 3.8) is 0 Å². The summed E-state index contributed by atoms with van der Waals surface area (Å²) >= 11 is 3.36. The highest BCUT2D eigenvalue weighted by Crippen LogP contribution is 2.22. The number of H-pyrrole nitrogens is 1. The predicted molar refractivity (Wildman–Crippen MR) is 106 cm³/mol. The van der Waals surface area contributed by atoms with Crippen molar-refractivity contribution in [2.45, 2.75) is 12.5 Å². The van der Waals surface area contributed by atoms with E-state index in [1.54, 1.807) is 24.3 Å². The molecular weight excluding hydrogens is 412 g/mol. The molecule has 1 atom stereocenters. The molecule has 0 saturated heterocycles. The molecule has 0 radical (unpaired) electrons. The second-order valence-corrected chi connectivity index (χ2v) is 6.87. The zero-order chi connectivity index (χ0) is 19.4. The molecule has 0 aliphatic carbocycles. The lowest BCUT2D eigenvalue weighted by molar-refractivity contribution is -0.141. The fourth-order valence-electron chi connectivity index (χ4n) is 2.83. The Labute approximate surface area is 163 Å². The first-order valence-corrected chi connectivity index (χ1v) is 9.02. The standard InChI is InChI=1S/C20H17BrN2O4/c1-27-19(25)11-17(12-6-8-13(21)9-7-12)23-20(26)15-10-18(24)22-16-5-3-2-4-14(15)16/h2-10,17H,11H2,1H3,(H,22,24)(H,23,26). The van der Waals surface area contributed by atoms with E-state index in [4.69, 9.17) is 4.74 Å². The number of benzene rings is 2. The van der Waals surface area contributed by atoms with Crippen LogP contribution in [0.1, 0.15) is 28.4 Å². The number of rotatable bonds is 5. The van der Waals surface area contributed by atoms with Gasteiger partial charge in [0.25, 0.3) is 5.91 Å². The quantitative estimate of drug-likeness (QED) is 0.610. The SMILES string of the molecule is COC(=O)CC(NC(=O)c1cc(=O)[nH]c2ccccc12)c1ccc(Br)cc1. The molecule has 1 amide bonds. The first-order chi connectivity index (χ1) is 13.0. The van der Waals surface area contributed by atoms with E-state index >= 15 is 0 Å². The van der Waals surface area contributed by atoms with E-state index in [1.807, 2.05) is 24.3 Å². The third kappa shape index (κ3) is 4.43. The number of nitrogens with one attached hydrogen (secondary N) is 2. The molecule has 1 unspecified atom stereocenters. The molecule has 0 bridgehead atoms. The van der Waals surface area contributed by atoms with Crippen molar-refractivity contribution in [2.24, 2.45) is 0 Å². The van der Waals surface area contributed by atoms with Crippen LogP contribution in [0.2, 0.25) is 0 Å². The lowest BCUT2D eigenvalue weighted by Gasteiger charge is -2.19. The zero-order valence-electron chi connectivity index (χ0n) is 14.5. The summed E-state index contributed by atoms with van der Waals surface area (Å²) < 4.78 is 5.63. The number of amides is 1. The zero-order valence-corrected chi connectivity index (χ0v) is 16.1. The highest BCUT2D eigenvalue weighted by Gasteiger charge is 2.21. The van der Waals surface area contributed by atoms with Gasteiger partial charge >= 0.3 is 5.97 Å². The molecule has 0 spiro atoms. The van der Waals surface area contributed by atoms with E-state index in [-0.39, 0.29) is 17.5 Å². The van der Waals surface area contributed by atoms with Crippen LogP contribution in [0.15, 0.2) is 63.9 Å². The average molecular weight is 429 g/mol. The number of fused-ring (bicyclic) bond motifs is 1. The minimum Gasteiger partial charge on any atom is -0.469 e. The number of methoxy groups -OCH3 is 1. The summed E-state index contributed by atoms with van der Waals surface area (Å²) in [7, 11) is 1.30. The molecule has 6 nitrogen and oxygen atoms in total. The molecule has 2 aromatic carbocycles.